The second-order valence-electron chi connectivity index (χ2n) is 2.56. The monoisotopic (exact) mass is 186 g/mol. The van der Waals surface area contributed by atoms with Crippen molar-refractivity contribution in [2.24, 2.45) is 0 Å². The van der Waals surface area contributed by atoms with Crippen molar-refractivity contribution in [1.29, 1.82) is 0 Å². The van der Waals surface area contributed by atoms with Gasteiger partial charge in [0.15, 0.2) is 0 Å². The van der Waals surface area contributed by atoms with Gasteiger partial charge in [0.2, 0.25) is 0 Å². The third-order valence-electron chi connectivity index (χ3n) is 1.73. The zero-order chi connectivity index (χ0) is 8.81. The van der Waals surface area contributed by atoms with Crippen LogP contribution < -0.4 is 0 Å². The van der Waals surface area contributed by atoms with Crippen molar-refractivity contribution >= 4 is 11.3 Å². The topological polar surface area (TPSA) is 36.4 Å². The normalized spacial score (nSPS) is 10.9. The zero-order valence-electron chi connectivity index (χ0n) is 7.23. The van der Waals surface area contributed by atoms with Gasteiger partial charge in [0.1, 0.15) is 0 Å². The molecule has 3 nitrogen and oxygen atoms in total. The lowest BCUT2D eigenvalue weighted by Crippen LogP contribution is -2.25. The number of thiazole rings is 1. The lowest BCUT2D eigenvalue weighted by molar-refractivity contribution is 0.198. The Hall–Kier alpha value is -0.450. The SMILES string of the molecule is CCN(CCO)Cc1cncs1. The van der Waals surface area contributed by atoms with Crippen LogP contribution in [0.4, 0.5) is 0 Å². The summed E-state index contributed by atoms with van der Waals surface area (Å²) in [6.45, 7) is 4.94. The van der Waals surface area contributed by atoms with Crippen LogP contribution in [-0.2, 0) is 6.54 Å². The molecule has 0 spiro atoms. The zero-order valence-corrected chi connectivity index (χ0v) is 8.05. The lowest BCUT2D eigenvalue weighted by atomic mass is 10.4. The summed E-state index contributed by atoms with van der Waals surface area (Å²) in [6, 6.07) is 0. The maximum Gasteiger partial charge on any atom is 0.0794 e. The molecule has 0 amide bonds. The van der Waals surface area contributed by atoms with Crippen LogP contribution in [0.3, 0.4) is 0 Å². The van der Waals surface area contributed by atoms with E-state index in [9.17, 15) is 0 Å². The first-order valence-corrected chi connectivity index (χ1v) is 4.95. The Bertz CT molecular complexity index is 201. The number of aliphatic hydroxyl groups is 1. The van der Waals surface area contributed by atoms with Crippen LogP contribution in [0.15, 0.2) is 11.7 Å². The molecule has 0 aliphatic heterocycles. The van der Waals surface area contributed by atoms with E-state index in [4.69, 9.17) is 5.11 Å². The van der Waals surface area contributed by atoms with E-state index in [1.807, 2.05) is 11.7 Å². The highest BCUT2D eigenvalue weighted by Gasteiger charge is 2.02. The highest BCUT2D eigenvalue weighted by atomic mass is 32.1. The van der Waals surface area contributed by atoms with Crippen molar-refractivity contribution in [3.63, 3.8) is 0 Å². The summed E-state index contributed by atoms with van der Waals surface area (Å²) < 4.78 is 0. The van der Waals surface area contributed by atoms with Gasteiger partial charge in [-0.05, 0) is 6.54 Å². The lowest BCUT2D eigenvalue weighted by Gasteiger charge is -2.17. The molecule has 0 unspecified atom stereocenters. The number of nitrogens with zero attached hydrogens (tertiary/aromatic N) is 2. The average molecular weight is 186 g/mol. The standard InChI is InChI=1S/C8H14N2OS/c1-2-10(3-4-11)6-8-5-9-7-12-8/h5,7,11H,2-4,6H2,1H3. The van der Waals surface area contributed by atoms with Crippen LogP contribution >= 0.6 is 11.3 Å². The van der Waals surface area contributed by atoms with Crippen LogP contribution in [0.25, 0.3) is 0 Å². The highest BCUT2D eigenvalue weighted by Crippen LogP contribution is 2.08. The molecule has 12 heavy (non-hydrogen) atoms. The molecule has 1 rings (SSSR count). The second-order valence-corrected chi connectivity index (χ2v) is 3.53. The first-order valence-electron chi connectivity index (χ1n) is 4.07. The second kappa shape index (κ2) is 5.24. The van der Waals surface area contributed by atoms with Gasteiger partial charge in [-0.2, -0.15) is 0 Å². The molecule has 1 N–H and O–H groups in total. The minimum absolute atomic E-state index is 0.229. The summed E-state index contributed by atoms with van der Waals surface area (Å²) in [5.74, 6) is 0. The molecule has 0 aliphatic rings. The Morgan fingerprint density at radius 2 is 2.50 bits per heavy atom. The molecule has 1 aromatic heterocycles. The Labute approximate surface area is 76.7 Å². The van der Waals surface area contributed by atoms with Gasteiger partial charge in [-0.1, -0.05) is 6.92 Å². The number of aromatic nitrogens is 1. The average Bonchev–Trinajstić information content (AvgIpc) is 2.56. The predicted octanol–water partition coefficient (Wildman–Crippen LogP) is 0.957. The first kappa shape index (κ1) is 9.64. The first-order chi connectivity index (χ1) is 5.86. The summed E-state index contributed by atoms with van der Waals surface area (Å²) in [7, 11) is 0. The molecule has 0 radical (unpaired) electrons. The van der Waals surface area contributed by atoms with Crippen LogP contribution in [0.5, 0.6) is 0 Å². The van der Waals surface area contributed by atoms with Crippen LogP contribution in [0.1, 0.15) is 11.8 Å². The molecule has 1 heterocycles. The van der Waals surface area contributed by atoms with Crippen LogP contribution in [-0.4, -0.2) is 34.7 Å². The smallest absolute Gasteiger partial charge is 0.0794 e. The molecule has 0 saturated heterocycles. The Morgan fingerprint density at radius 3 is 3.00 bits per heavy atom. The largest absolute Gasteiger partial charge is 0.395 e. The van der Waals surface area contributed by atoms with Crippen molar-refractivity contribution in [2.45, 2.75) is 13.5 Å². The molecule has 0 saturated carbocycles. The van der Waals surface area contributed by atoms with Crippen LogP contribution in [0, 0.1) is 0 Å². The summed E-state index contributed by atoms with van der Waals surface area (Å²) in [5.41, 5.74) is 1.84. The summed E-state index contributed by atoms with van der Waals surface area (Å²) in [6.07, 6.45) is 1.88. The van der Waals surface area contributed by atoms with E-state index in [0.29, 0.717) is 0 Å². The molecule has 0 aromatic carbocycles. The number of aliphatic hydroxyl groups excluding tert-OH is 1. The quantitative estimate of drug-likeness (QED) is 0.744. The van der Waals surface area contributed by atoms with Gasteiger partial charge >= 0.3 is 0 Å². The molecule has 0 atom stereocenters. The fraction of sp³-hybridized carbons (Fsp3) is 0.625. The molecule has 0 aliphatic carbocycles. The molecule has 68 valence electrons. The summed E-state index contributed by atoms with van der Waals surface area (Å²) >= 11 is 1.66. The minimum atomic E-state index is 0.229. The van der Waals surface area contributed by atoms with E-state index >= 15 is 0 Å². The number of hydrogen-bond donors (Lipinski definition) is 1. The van der Waals surface area contributed by atoms with E-state index in [2.05, 4.69) is 16.8 Å². The van der Waals surface area contributed by atoms with E-state index in [1.165, 1.54) is 4.88 Å². The minimum Gasteiger partial charge on any atom is -0.395 e. The van der Waals surface area contributed by atoms with Gasteiger partial charge in [0, 0.05) is 24.2 Å². The van der Waals surface area contributed by atoms with Gasteiger partial charge in [-0.25, -0.2) is 0 Å². The van der Waals surface area contributed by atoms with Crippen LogP contribution in [0.2, 0.25) is 0 Å². The summed E-state index contributed by atoms with van der Waals surface area (Å²) in [4.78, 5) is 7.44. The van der Waals surface area contributed by atoms with Gasteiger partial charge < -0.3 is 5.11 Å². The number of hydrogen-bond acceptors (Lipinski definition) is 4. The third-order valence-corrected chi connectivity index (χ3v) is 2.49. The van der Waals surface area contributed by atoms with Gasteiger partial charge in [-0.3, -0.25) is 9.88 Å². The molecule has 1 aromatic rings. The Morgan fingerprint density at radius 1 is 1.67 bits per heavy atom. The molecular formula is C8H14N2OS. The van der Waals surface area contributed by atoms with Gasteiger partial charge in [-0.15, -0.1) is 11.3 Å². The number of rotatable bonds is 5. The summed E-state index contributed by atoms with van der Waals surface area (Å²) in [5, 5.41) is 8.74. The van der Waals surface area contributed by atoms with Crippen molar-refractivity contribution in [2.75, 3.05) is 19.7 Å². The maximum atomic E-state index is 8.74. The number of likely N-dealkylation sites (N-methyl/N-ethyl adjacent to an activating group) is 1. The Balaban J connectivity index is 2.37. The van der Waals surface area contributed by atoms with E-state index < -0.39 is 0 Å². The van der Waals surface area contributed by atoms with E-state index in [0.717, 1.165) is 19.6 Å². The molecular weight excluding hydrogens is 172 g/mol. The van der Waals surface area contributed by atoms with Gasteiger partial charge in [0.05, 0.1) is 12.1 Å². The van der Waals surface area contributed by atoms with Gasteiger partial charge in [0.25, 0.3) is 0 Å². The van der Waals surface area contributed by atoms with Crippen molar-refractivity contribution < 1.29 is 5.11 Å². The fourth-order valence-electron chi connectivity index (χ4n) is 1.03. The highest BCUT2D eigenvalue weighted by molar-refractivity contribution is 7.09. The van der Waals surface area contributed by atoms with Crippen molar-refractivity contribution in [1.82, 2.24) is 9.88 Å². The molecule has 4 heteroatoms. The third kappa shape index (κ3) is 2.89. The fourth-order valence-corrected chi connectivity index (χ4v) is 1.67. The molecule has 0 fully saturated rings. The molecule has 0 bridgehead atoms. The Kier molecular flexibility index (Phi) is 4.21. The van der Waals surface area contributed by atoms with E-state index in [-0.39, 0.29) is 6.61 Å². The predicted molar refractivity (Wildman–Crippen MR) is 50.2 cm³/mol. The maximum absolute atomic E-state index is 8.74. The van der Waals surface area contributed by atoms with E-state index in [1.54, 1.807) is 11.3 Å². The van der Waals surface area contributed by atoms with Crippen molar-refractivity contribution in [3.8, 4) is 0 Å². The van der Waals surface area contributed by atoms with Crippen molar-refractivity contribution in [3.05, 3.63) is 16.6 Å².